The van der Waals surface area contributed by atoms with Crippen LogP contribution in [-0.4, -0.2) is 33.7 Å². The Bertz CT molecular complexity index is 988. The van der Waals surface area contributed by atoms with Gasteiger partial charge in [0.25, 0.3) is 0 Å². The van der Waals surface area contributed by atoms with Gasteiger partial charge in [-0.3, -0.25) is 0 Å². The topological polar surface area (TPSA) is 90.7 Å². The number of pyridine rings is 1. The number of carboxylic acid groups (broad SMARTS) is 2. The minimum absolute atomic E-state index is 0.959. The molecule has 0 spiro atoms. The molecule has 0 amide bonds. The van der Waals surface area contributed by atoms with E-state index in [-0.39, 0.29) is 0 Å². The van der Waals surface area contributed by atoms with E-state index in [0.29, 0.717) is 0 Å². The number of hydrogen-bond acceptors (Lipinski definition) is 4. The summed E-state index contributed by atoms with van der Waals surface area (Å²) in [5.74, 6) is -2.55. The molecular formula is C21H20N2O4. The van der Waals surface area contributed by atoms with Crippen LogP contribution in [0.3, 0.4) is 0 Å². The Morgan fingerprint density at radius 1 is 0.963 bits per heavy atom. The fourth-order valence-corrected chi connectivity index (χ4v) is 3.18. The standard InChI is InChI=1S/C19H18N2.C2H2O4/c1-14-12-19(20-18-9-5-4-8-17(14)18)21-11-10-15-6-2-3-7-16(15)13-21;3-1(4)2(5)6/h2-9,12H,10-11,13H2,1H3;(H,3,4)(H,5,6). The van der Waals surface area contributed by atoms with Crippen LogP contribution >= 0.6 is 0 Å². The first-order valence-electron chi connectivity index (χ1n) is 8.60. The highest BCUT2D eigenvalue weighted by Gasteiger charge is 2.17. The average Bonchev–Trinajstić information content (AvgIpc) is 2.68. The molecule has 1 aromatic heterocycles. The number of benzene rings is 2. The van der Waals surface area contributed by atoms with Crippen molar-refractivity contribution in [1.29, 1.82) is 0 Å². The van der Waals surface area contributed by atoms with Crippen molar-refractivity contribution in [2.24, 2.45) is 0 Å². The van der Waals surface area contributed by atoms with E-state index < -0.39 is 11.9 Å². The Balaban J connectivity index is 0.000000307. The Morgan fingerprint density at radius 3 is 2.30 bits per heavy atom. The monoisotopic (exact) mass is 364 g/mol. The lowest BCUT2D eigenvalue weighted by atomic mass is 10.00. The van der Waals surface area contributed by atoms with Gasteiger partial charge in [-0.1, -0.05) is 42.5 Å². The van der Waals surface area contributed by atoms with Crippen molar-refractivity contribution in [3.05, 3.63) is 71.3 Å². The highest BCUT2D eigenvalue weighted by Crippen LogP contribution is 2.26. The molecule has 0 saturated carbocycles. The van der Waals surface area contributed by atoms with Gasteiger partial charge in [-0.15, -0.1) is 0 Å². The largest absolute Gasteiger partial charge is 0.473 e. The van der Waals surface area contributed by atoms with Crippen LogP contribution in [0.25, 0.3) is 10.9 Å². The Hall–Kier alpha value is -3.41. The maximum Gasteiger partial charge on any atom is 0.414 e. The van der Waals surface area contributed by atoms with Crippen molar-refractivity contribution in [1.82, 2.24) is 4.98 Å². The maximum atomic E-state index is 9.10. The molecule has 0 fully saturated rings. The van der Waals surface area contributed by atoms with Gasteiger partial charge in [0.2, 0.25) is 0 Å². The van der Waals surface area contributed by atoms with Gasteiger partial charge in [-0.05, 0) is 42.2 Å². The number of fused-ring (bicyclic) bond motifs is 2. The zero-order valence-corrected chi connectivity index (χ0v) is 14.9. The second kappa shape index (κ2) is 7.86. The number of carboxylic acids is 2. The summed E-state index contributed by atoms with van der Waals surface area (Å²) < 4.78 is 0. The van der Waals surface area contributed by atoms with Gasteiger partial charge in [-0.25, -0.2) is 14.6 Å². The first-order chi connectivity index (χ1) is 13.0. The van der Waals surface area contributed by atoms with Crippen molar-refractivity contribution >= 4 is 28.7 Å². The molecule has 0 atom stereocenters. The lowest BCUT2D eigenvalue weighted by molar-refractivity contribution is -0.159. The van der Waals surface area contributed by atoms with Crippen molar-refractivity contribution < 1.29 is 19.8 Å². The van der Waals surface area contributed by atoms with Crippen LogP contribution < -0.4 is 4.90 Å². The summed E-state index contributed by atoms with van der Waals surface area (Å²) in [7, 11) is 0. The lowest BCUT2D eigenvalue weighted by Crippen LogP contribution is -2.31. The fraction of sp³-hybridized carbons (Fsp3) is 0.190. The first-order valence-corrected chi connectivity index (χ1v) is 8.60. The van der Waals surface area contributed by atoms with E-state index in [4.69, 9.17) is 24.8 Å². The second-order valence-electron chi connectivity index (χ2n) is 6.37. The Morgan fingerprint density at radius 2 is 1.59 bits per heavy atom. The maximum absolute atomic E-state index is 9.10. The third kappa shape index (κ3) is 4.23. The molecule has 1 aliphatic heterocycles. The number of aryl methyl sites for hydroxylation is 1. The van der Waals surface area contributed by atoms with Crippen molar-refractivity contribution in [2.75, 3.05) is 11.4 Å². The molecule has 0 radical (unpaired) electrons. The fourth-order valence-electron chi connectivity index (χ4n) is 3.18. The molecule has 4 rings (SSSR count). The number of carbonyl (C=O) groups is 2. The minimum Gasteiger partial charge on any atom is -0.473 e. The van der Waals surface area contributed by atoms with Gasteiger partial charge in [0.1, 0.15) is 5.82 Å². The molecule has 0 saturated heterocycles. The predicted octanol–water partition coefficient (Wildman–Crippen LogP) is 3.26. The molecule has 2 aromatic carbocycles. The van der Waals surface area contributed by atoms with Crippen molar-refractivity contribution in [3.8, 4) is 0 Å². The van der Waals surface area contributed by atoms with E-state index in [2.05, 4.69) is 66.4 Å². The third-order valence-electron chi connectivity index (χ3n) is 4.55. The SMILES string of the molecule is Cc1cc(N2CCc3ccccc3C2)nc2ccccc12.O=C(O)C(=O)O. The number of aromatic nitrogens is 1. The van der Waals surface area contributed by atoms with Gasteiger partial charge in [-0.2, -0.15) is 0 Å². The third-order valence-corrected chi connectivity index (χ3v) is 4.55. The summed E-state index contributed by atoms with van der Waals surface area (Å²) in [6, 6.07) is 19.3. The van der Waals surface area contributed by atoms with E-state index in [9.17, 15) is 0 Å². The quantitative estimate of drug-likeness (QED) is 0.644. The normalized spacial score (nSPS) is 12.7. The molecule has 6 heteroatoms. The molecule has 2 heterocycles. The molecule has 138 valence electrons. The van der Waals surface area contributed by atoms with E-state index in [0.717, 1.165) is 30.8 Å². The number of nitrogens with zero attached hydrogens (tertiary/aromatic N) is 2. The van der Waals surface area contributed by atoms with Crippen LogP contribution in [0, 0.1) is 6.92 Å². The molecule has 2 N–H and O–H groups in total. The van der Waals surface area contributed by atoms with E-state index in [1.54, 1.807) is 0 Å². The van der Waals surface area contributed by atoms with Crippen LogP contribution in [0.2, 0.25) is 0 Å². The van der Waals surface area contributed by atoms with Crippen molar-refractivity contribution in [2.45, 2.75) is 19.9 Å². The molecule has 1 aliphatic rings. The summed E-state index contributed by atoms with van der Waals surface area (Å²) in [6.07, 6.45) is 1.10. The van der Waals surface area contributed by atoms with E-state index in [1.165, 1.54) is 22.1 Å². The zero-order valence-electron chi connectivity index (χ0n) is 14.9. The minimum atomic E-state index is -1.82. The molecule has 27 heavy (non-hydrogen) atoms. The number of anilines is 1. The average molecular weight is 364 g/mol. The van der Waals surface area contributed by atoms with Crippen molar-refractivity contribution in [3.63, 3.8) is 0 Å². The molecule has 0 unspecified atom stereocenters. The first kappa shape index (κ1) is 18.4. The lowest BCUT2D eigenvalue weighted by Gasteiger charge is -2.30. The molecule has 0 aliphatic carbocycles. The summed E-state index contributed by atoms with van der Waals surface area (Å²) in [6.45, 7) is 4.17. The number of rotatable bonds is 1. The smallest absolute Gasteiger partial charge is 0.414 e. The van der Waals surface area contributed by atoms with Crippen LogP contribution in [0.1, 0.15) is 16.7 Å². The zero-order chi connectivity index (χ0) is 19.4. The van der Waals surface area contributed by atoms with Gasteiger partial charge in [0.15, 0.2) is 0 Å². The Labute approximate surface area is 156 Å². The van der Waals surface area contributed by atoms with E-state index >= 15 is 0 Å². The highest BCUT2D eigenvalue weighted by atomic mass is 16.4. The molecular weight excluding hydrogens is 344 g/mol. The summed E-state index contributed by atoms with van der Waals surface area (Å²) in [5, 5.41) is 16.0. The van der Waals surface area contributed by atoms with E-state index in [1.807, 2.05) is 0 Å². The van der Waals surface area contributed by atoms with Crippen LogP contribution in [0.4, 0.5) is 5.82 Å². The summed E-state index contributed by atoms with van der Waals surface area (Å²) in [5.41, 5.74) is 5.29. The van der Waals surface area contributed by atoms with Gasteiger partial charge < -0.3 is 15.1 Å². The molecule has 3 aromatic rings. The van der Waals surface area contributed by atoms with Crippen LogP contribution in [0.5, 0.6) is 0 Å². The summed E-state index contributed by atoms with van der Waals surface area (Å²) in [4.78, 5) is 25.4. The van der Waals surface area contributed by atoms with Gasteiger partial charge in [0.05, 0.1) is 5.52 Å². The van der Waals surface area contributed by atoms with Gasteiger partial charge >= 0.3 is 11.9 Å². The van der Waals surface area contributed by atoms with Gasteiger partial charge in [0, 0.05) is 18.5 Å². The second-order valence-corrected chi connectivity index (χ2v) is 6.37. The van der Waals surface area contributed by atoms with Crippen LogP contribution in [0.15, 0.2) is 54.6 Å². The summed E-state index contributed by atoms with van der Waals surface area (Å²) >= 11 is 0. The highest BCUT2D eigenvalue weighted by molar-refractivity contribution is 6.27. The van der Waals surface area contributed by atoms with Crippen LogP contribution in [-0.2, 0) is 22.6 Å². The predicted molar refractivity (Wildman–Crippen MR) is 103 cm³/mol. The number of para-hydroxylation sites is 1. The Kier molecular flexibility index (Phi) is 5.35. The number of hydrogen-bond donors (Lipinski definition) is 2. The molecule has 6 nitrogen and oxygen atoms in total. The molecule has 0 bridgehead atoms. The number of aliphatic carboxylic acids is 2.